The molecule has 0 radical (unpaired) electrons. The van der Waals surface area contributed by atoms with Gasteiger partial charge in [0.05, 0.1) is 17.9 Å². The first-order chi connectivity index (χ1) is 14.3. The lowest BCUT2D eigenvalue weighted by Gasteiger charge is -2.30. The van der Waals surface area contributed by atoms with Gasteiger partial charge in [0.25, 0.3) is 0 Å². The van der Waals surface area contributed by atoms with Crippen molar-refractivity contribution in [1.82, 2.24) is 14.8 Å². The van der Waals surface area contributed by atoms with E-state index in [1.54, 1.807) is 11.3 Å². The van der Waals surface area contributed by atoms with Gasteiger partial charge in [0.2, 0.25) is 0 Å². The highest BCUT2D eigenvalue weighted by Crippen LogP contribution is 2.38. The van der Waals surface area contributed by atoms with Gasteiger partial charge in [0.15, 0.2) is 0 Å². The Hall–Kier alpha value is -3.31. The molecule has 0 bridgehead atoms. The van der Waals surface area contributed by atoms with Crippen molar-refractivity contribution >= 4 is 17.4 Å². The fourth-order valence-electron chi connectivity index (χ4n) is 3.96. The average molecular weight is 400 g/mol. The molecule has 2 aromatic carbocycles. The van der Waals surface area contributed by atoms with Crippen LogP contribution in [-0.4, -0.2) is 15.5 Å². The molecule has 0 saturated carbocycles. The topological polar surface area (TPSA) is 37.3 Å². The van der Waals surface area contributed by atoms with Crippen molar-refractivity contribution in [3.63, 3.8) is 0 Å². The van der Waals surface area contributed by atoms with E-state index in [-0.39, 0.29) is 12.1 Å². The number of thiophene rings is 1. The predicted octanol–water partition coefficient (Wildman–Crippen LogP) is 5.35. The molecule has 1 N–H and O–H groups in total. The van der Waals surface area contributed by atoms with Crippen LogP contribution in [0.1, 0.15) is 27.7 Å². The van der Waals surface area contributed by atoms with Crippen molar-refractivity contribution in [2.45, 2.75) is 19.1 Å². The van der Waals surface area contributed by atoms with Crippen LogP contribution in [0.5, 0.6) is 0 Å². The van der Waals surface area contributed by atoms with Crippen LogP contribution in [0, 0.1) is 0 Å². The second kappa shape index (κ2) is 7.60. The maximum absolute atomic E-state index is 13.4. The maximum Gasteiger partial charge on any atom is 0.318 e. The van der Waals surface area contributed by atoms with Crippen molar-refractivity contribution in [1.29, 1.82) is 0 Å². The molecule has 5 rings (SSSR count). The third-order valence-corrected chi connectivity index (χ3v) is 6.25. The Kier molecular flexibility index (Phi) is 4.66. The molecule has 1 aliphatic heterocycles. The van der Waals surface area contributed by atoms with Gasteiger partial charge in [-0.25, -0.2) is 4.79 Å². The minimum Gasteiger partial charge on any atom is -0.334 e. The molecule has 4 aromatic rings. The summed E-state index contributed by atoms with van der Waals surface area (Å²) in [5.74, 6) is 0. The zero-order valence-corrected chi connectivity index (χ0v) is 16.7. The van der Waals surface area contributed by atoms with Crippen LogP contribution >= 0.6 is 11.3 Å². The molecule has 3 heterocycles. The third kappa shape index (κ3) is 3.34. The largest absolute Gasteiger partial charge is 0.334 e. The Balaban J connectivity index is 1.54. The number of fused-ring (bicyclic) bond motifs is 3. The maximum atomic E-state index is 13.4. The minimum absolute atomic E-state index is 0.0586. The molecule has 2 aromatic heterocycles. The van der Waals surface area contributed by atoms with Gasteiger partial charge in [-0.05, 0) is 40.8 Å². The van der Waals surface area contributed by atoms with E-state index >= 15 is 0 Å². The molecule has 0 spiro atoms. The molecule has 29 heavy (non-hydrogen) atoms. The second-order valence-electron chi connectivity index (χ2n) is 7.12. The smallest absolute Gasteiger partial charge is 0.318 e. The zero-order valence-electron chi connectivity index (χ0n) is 15.9. The van der Waals surface area contributed by atoms with Crippen molar-refractivity contribution in [3.05, 3.63) is 112 Å². The molecule has 144 valence electrons. The van der Waals surface area contributed by atoms with E-state index in [1.807, 2.05) is 53.4 Å². The van der Waals surface area contributed by atoms with E-state index in [0.717, 1.165) is 27.4 Å². The van der Waals surface area contributed by atoms with Crippen LogP contribution in [0.3, 0.4) is 0 Å². The number of para-hydroxylation sites is 1. The lowest BCUT2D eigenvalue weighted by Crippen LogP contribution is -2.41. The van der Waals surface area contributed by atoms with Crippen LogP contribution in [0.25, 0.3) is 5.69 Å². The standard InChI is InChI=1S/C24H21N3OS/c28-24(25-16-18-8-2-1-3-9-18)27-17-19-10-4-5-11-20(19)26-14-6-12-21(26)23(27)22-13-7-15-29-22/h1-15,23H,16-17H2,(H,25,28). The minimum atomic E-state index is -0.131. The Bertz CT molecular complexity index is 1120. The molecule has 2 amide bonds. The summed E-state index contributed by atoms with van der Waals surface area (Å²) in [5.41, 5.74) is 4.46. The summed E-state index contributed by atoms with van der Waals surface area (Å²) < 4.78 is 2.21. The molecule has 1 atom stereocenters. The number of amides is 2. The number of aromatic nitrogens is 1. The molecular formula is C24H21N3OS. The van der Waals surface area contributed by atoms with E-state index < -0.39 is 0 Å². The summed E-state index contributed by atoms with van der Waals surface area (Å²) in [6, 6.07) is 26.5. The Morgan fingerprint density at radius 1 is 0.966 bits per heavy atom. The lowest BCUT2D eigenvalue weighted by atomic mass is 10.1. The summed E-state index contributed by atoms with van der Waals surface area (Å²) in [6.45, 7) is 1.07. The first-order valence-corrected chi connectivity index (χ1v) is 10.6. The van der Waals surface area contributed by atoms with E-state index in [9.17, 15) is 4.79 Å². The fraction of sp³-hybridized carbons (Fsp3) is 0.125. The van der Waals surface area contributed by atoms with Crippen LogP contribution in [0.15, 0.2) is 90.4 Å². The number of nitrogens with zero attached hydrogens (tertiary/aromatic N) is 2. The summed E-state index contributed by atoms with van der Waals surface area (Å²) in [7, 11) is 0. The van der Waals surface area contributed by atoms with Crippen LogP contribution < -0.4 is 5.32 Å². The number of nitrogens with one attached hydrogen (secondary N) is 1. The van der Waals surface area contributed by atoms with Gasteiger partial charge < -0.3 is 14.8 Å². The molecule has 1 aliphatic rings. The number of hydrogen-bond donors (Lipinski definition) is 1. The van der Waals surface area contributed by atoms with Gasteiger partial charge in [-0.3, -0.25) is 0 Å². The number of carbonyl (C=O) groups is 1. The van der Waals surface area contributed by atoms with Crippen LogP contribution in [-0.2, 0) is 13.1 Å². The number of benzene rings is 2. The normalized spacial score (nSPS) is 15.3. The van der Waals surface area contributed by atoms with Gasteiger partial charge in [-0.15, -0.1) is 11.3 Å². The summed E-state index contributed by atoms with van der Waals surface area (Å²) in [5, 5.41) is 5.19. The second-order valence-corrected chi connectivity index (χ2v) is 8.10. The molecule has 0 saturated heterocycles. The van der Waals surface area contributed by atoms with E-state index in [0.29, 0.717) is 13.1 Å². The Morgan fingerprint density at radius 2 is 1.79 bits per heavy atom. The quantitative estimate of drug-likeness (QED) is 0.495. The number of urea groups is 1. The summed E-state index contributed by atoms with van der Waals surface area (Å²) >= 11 is 1.69. The van der Waals surface area contributed by atoms with Crippen molar-refractivity contribution in [2.75, 3.05) is 0 Å². The monoisotopic (exact) mass is 399 g/mol. The van der Waals surface area contributed by atoms with Gasteiger partial charge in [0.1, 0.15) is 6.04 Å². The summed E-state index contributed by atoms with van der Waals surface area (Å²) in [4.78, 5) is 16.5. The lowest BCUT2D eigenvalue weighted by molar-refractivity contribution is 0.181. The van der Waals surface area contributed by atoms with E-state index in [4.69, 9.17) is 0 Å². The SMILES string of the molecule is O=C(NCc1ccccc1)N1Cc2ccccc2-n2cccc2C1c1cccs1. The average Bonchev–Trinajstić information content (AvgIpc) is 3.44. The van der Waals surface area contributed by atoms with Crippen molar-refractivity contribution < 1.29 is 4.79 Å². The van der Waals surface area contributed by atoms with E-state index in [2.05, 4.69) is 51.8 Å². The predicted molar refractivity (Wildman–Crippen MR) is 116 cm³/mol. The highest BCUT2D eigenvalue weighted by molar-refractivity contribution is 7.10. The molecule has 5 heteroatoms. The molecule has 1 unspecified atom stereocenters. The summed E-state index contributed by atoms with van der Waals surface area (Å²) in [6.07, 6.45) is 2.08. The molecule has 0 aliphatic carbocycles. The fourth-order valence-corrected chi connectivity index (χ4v) is 4.81. The zero-order chi connectivity index (χ0) is 19.6. The van der Waals surface area contributed by atoms with Crippen LogP contribution in [0.4, 0.5) is 4.79 Å². The molecule has 0 fully saturated rings. The first-order valence-electron chi connectivity index (χ1n) is 9.68. The Morgan fingerprint density at radius 3 is 2.62 bits per heavy atom. The molecule has 4 nitrogen and oxygen atoms in total. The van der Waals surface area contributed by atoms with Crippen molar-refractivity contribution in [3.8, 4) is 5.69 Å². The van der Waals surface area contributed by atoms with Gasteiger partial charge in [0, 0.05) is 17.6 Å². The third-order valence-electron chi connectivity index (χ3n) is 5.32. The van der Waals surface area contributed by atoms with Crippen LogP contribution in [0.2, 0.25) is 0 Å². The van der Waals surface area contributed by atoms with Gasteiger partial charge in [-0.2, -0.15) is 0 Å². The van der Waals surface area contributed by atoms with Gasteiger partial charge >= 0.3 is 6.03 Å². The molecular weight excluding hydrogens is 378 g/mol. The number of rotatable bonds is 3. The van der Waals surface area contributed by atoms with E-state index in [1.165, 1.54) is 0 Å². The first kappa shape index (κ1) is 17.8. The highest BCUT2D eigenvalue weighted by atomic mass is 32.1. The highest BCUT2D eigenvalue weighted by Gasteiger charge is 2.33. The number of hydrogen-bond acceptors (Lipinski definition) is 2. The number of carbonyl (C=O) groups excluding carboxylic acids is 1. The van der Waals surface area contributed by atoms with Crippen molar-refractivity contribution in [2.24, 2.45) is 0 Å². The Labute approximate surface area is 174 Å². The van der Waals surface area contributed by atoms with Gasteiger partial charge in [-0.1, -0.05) is 54.6 Å².